The van der Waals surface area contributed by atoms with Crippen LogP contribution in [0.15, 0.2) is 30.3 Å². The molecule has 0 aliphatic heterocycles. The van der Waals surface area contributed by atoms with Gasteiger partial charge in [-0.05, 0) is 18.6 Å². The van der Waals surface area contributed by atoms with Gasteiger partial charge in [-0.25, -0.2) is 0 Å². The van der Waals surface area contributed by atoms with Gasteiger partial charge < -0.3 is 10.2 Å². The van der Waals surface area contributed by atoms with Gasteiger partial charge in [0.05, 0.1) is 0 Å². The van der Waals surface area contributed by atoms with Crippen molar-refractivity contribution in [3.05, 3.63) is 35.9 Å². The molecule has 0 spiro atoms. The van der Waals surface area contributed by atoms with Crippen molar-refractivity contribution in [2.75, 3.05) is 6.66 Å². The molecule has 1 N–H and O–H groups in total. The fourth-order valence-electron chi connectivity index (χ4n) is 1.04. The van der Waals surface area contributed by atoms with E-state index >= 15 is 0 Å². The first-order valence-corrected chi connectivity index (χ1v) is 5.45. The van der Waals surface area contributed by atoms with E-state index < -0.39 is 6.23 Å². The summed E-state index contributed by atoms with van der Waals surface area (Å²) >= 11 is 0. The summed E-state index contributed by atoms with van der Waals surface area (Å²) in [7, 11) is 0.527. The number of hydrogen-bond donors (Lipinski definition) is 1. The van der Waals surface area contributed by atoms with Crippen LogP contribution in [0, 0.1) is 0 Å². The van der Waals surface area contributed by atoms with E-state index in [1.807, 2.05) is 37.0 Å². The smallest absolute Gasteiger partial charge is 0.840 e. The van der Waals surface area contributed by atoms with E-state index in [0.717, 1.165) is 5.56 Å². The topological polar surface area (TPSA) is 35.1 Å². The third-order valence-corrected chi connectivity index (χ3v) is 2.18. The standard InChI is InChI=1S/C9H13NOP.K/c1-12-10-9(11)7-8-5-3-2-4-6-8;/h2-6,9-10,12H,7H2,1H3;/q-1;+1. The molecule has 0 radical (unpaired) electrons. The molecule has 1 rings (SSSR count). The molecule has 0 amide bonds. The summed E-state index contributed by atoms with van der Waals surface area (Å²) in [6, 6.07) is 9.82. The van der Waals surface area contributed by atoms with Crippen molar-refractivity contribution in [3.8, 4) is 0 Å². The Balaban J connectivity index is 0.00000144. The van der Waals surface area contributed by atoms with Gasteiger partial charge in [-0.15, -0.1) is 0 Å². The van der Waals surface area contributed by atoms with E-state index in [2.05, 4.69) is 5.09 Å². The van der Waals surface area contributed by atoms with Gasteiger partial charge in [-0.3, -0.25) is 0 Å². The van der Waals surface area contributed by atoms with Gasteiger partial charge in [-0.2, -0.15) is 0 Å². The molecule has 1 aromatic rings. The molecule has 2 nitrogen and oxygen atoms in total. The quantitative estimate of drug-likeness (QED) is 0.354. The maximum Gasteiger partial charge on any atom is 1.00 e. The van der Waals surface area contributed by atoms with Crippen molar-refractivity contribution in [2.24, 2.45) is 0 Å². The molecule has 0 aliphatic carbocycles. The summed E-state index contributed by atoms with van der Waals surface area (Å²) in [5.41, 5.74) is 1.10. The van der Waals surface area contributed by atoms with Crippen LogP contribution in [-0.4, -0.2) is 12.9 Å². The Morgan fingerprint density at radius 2 is 2.00 bits per heavy atom. The molecule has 0 aromatic heterocycles. The van der Waals surface area contributed by atoms with Gasteiger partial charge in [-0.1, -0.05) is 45.3 Å². The average molecular weight is 221 g/mol. The maximum absolute atomic E-state index is 11.2. The van der Waals surface area contributed by atoms with Gasteiger partial charge in [0.1, 0.15) is 0 Å². The summed E-state index contributed by atoms with van der Waals surface area (Å²) in [4.78, 5) is 0. The summed E-state index contributed by atoms with van der Waals surface area (Å²) in [5, 5.41) is 14.1. The summed E-state index contributed by atoms with van der Waals surface area (Å²) in [6.07, 6.45) is -0.0856. The molecular weight excluding hydrogens is 208 g/mol. The minimum Gasteiger partial charge on any atom is -0.840 e. The number of nitrogens with one attached hydrogen (secondary N) is 1. The third-order valence-electron chi connectivity index (χ3n) is 1.57. The summed E-state index contributed by atoms with van der Waals surface area (Å²) in [6.45, 7) is 1.97. The molecule has 0 bridgehead atoms. The predicted molar refractivity (Wildman–Crippen MR) is 51.3 cm³/mol. The van der Waals surface area contributed by atoms with Crippen molar-refractivity contribution in [3.63, 3.8) is 0 Å². The first-order valence-electron chi connectivity index (χ1n) is 3.95. The molecule has 1 aromatic carbocycles. The zero-order chi connectivity index (χ0) is 8.81. The van der Waals surface area contributed by atoms with Gasteiger partial charge in [0.15, 0.2) is 0 Å². The second-order valence-electron chi connectivity index (χ2n) is 2.57. The number of hydrogen-bond acceptors (Lipinski definition) is 2. The van der Waals surface area contributed by atoms with Gasteiger partial charge in [0.2, 0.25) is 0 Å². The Hall–Kier alpha value is 1.21. The van der Waals surface area contributed by atoms with Crippen LogP contribution < -0.4 is 61.6 Å². The Bertz CT molecular complexity index is 220. The largest absolute Gasteiger partial charge is 1.00 e. The van der Waals surface area contributed by atoms with Gasteiger partial charge >= 0.3 is 51.4 Å². The molecule has 2 atom stereocenters. The third kappa shape index (κ3) is 6.31. The zero-order valence-corrected chi connectivity index (χ0v) is 12.2. The van der Waals surface area contributed by atoms with Crippen LogP contribution in [0.1, 0.15) is 5.56 Å². The molecule has 0 saturated heterocycles. The van der Waals surface area contributed by atoms with E-state index in [1.165, 1.54) is 0 Å². The van der Waals surface area contributed by atoms with E-state index in [-0.39, 0.29) is 51.4 Å². The zero-order valence-electron chi connectivity index (χ0n) is 8.08. The first-order chi connectivity index (χ1) is 5.83. The van der Waals surface area contributed by atoms with Crippen LogP contribution in [0.2, 0.25) is 0 Å². The van der Waals surface area contributed by atoms with Crippen LogP contribution in [-0.2, 0) is 6.42 Å². The van der Waals surface area contributed by atoms with Crippen LogP contribution in [0.5, 0.6) is 0 Å². The normalized spacial score (nSPS) is 12.8. The average Bonchev–Trinajstić information content (AvgIpc) is 2.06. The molecule has 66 valence electrons. The van der Waals surface area contributed by atoms with E-state index in [4.69, 9.17) is 0 Å². The second-order valence-corrected chi connectivity index (χ2v) is 3.36. The van der Waals surface area contributed by atoms with Crippen molar-refractivity contribution >= 4 is 8.73 Å². The minimum absolute atomic E-state index is 0. The molecule has 0 fully saturated rings. The van der Waals surface area contributed by atoms with Crippen LogP contribution in [0.3, 0.4) is 0 Å². The van der Waals surface area contributed by atoms with Crippen molar-refractivity contribution in [2.45, 2.75) is 12.6 Å². The van der Waals surface area contributed by atoms with Crippen molar-refractivity contribution in [1.82, 2.24) is 5.09 Å². The molecular formula is C9H13KNOP. The van der Waals surface area contributed by atoms with Crippen LogP contribution >= 0.6 is 8.73 Å². The molecule has 4 heteroatoms. The molecule has 0 saturated carbocycles. The maximum atomic E-state index is 11.2. The molecule has 2 unspecified atom stereocenters. The van der Waals surface area contributed by atoms with Gasteiger partial charge in [0, 0.05) is 0 Å². The Morgan fingerprint density at radius 3 is 2.54 bits per heavy atom. The SMILES string of the molecule is CPNC([O-])Cc1ccccc1.[K+]. The van der Waals surface area contributed by atoms with Gasteiger partial charge in [0.25, 0.3) is 0 Å². The summed E-state index contributed by atoms with van der Waals surface area (Å²) in [5.74, 6) is 0. The first kappa shape index (κ1) is 14.2. The Morgan fingerprint density at radius 1 is 1.38 bits per heavy atom. The van der Waals surface area contributed by atoms with E-state index in [9.17, 15) is 5.11 Å². The van der Waals surface area contributed by atoms with E-state index in [0.29, 0.717) is 15.2 Å². The number of rotatable bonds is 4. The second kappa shape index (κ2) is 8.51. The van der Waals surface area contributed by atoms with Crippen molar-refractivity contribution in [1.29, 1.82) is 0 Å². The Kier molecular flexibility index (Phi) is 9.30. The molecule has 13 heavy (non-hydrogen) atoms. The fraction of sp³-hybridized carbons (Fsp3) is 0.333. The minimum atomic E-state index is -0.657. The van der Waals surface area contributed by atoms with Crippen LogP contribution in [0.25, 0.3) is 0 Å². The van der Waals surface area contributed by atoms with Crippen molar-refractivity contribution < 1.29 is 56.5 Å². The monoisotopic (exact) mass is 221 g/mol. The summed E-state index contributed by atoms with van der Waals surface area (Å²) < 4.78 is 0. The number of benzene rings is 1. The predicted octanol–water partition coefficient (Wildman–Crippen LogP) is -2.27. The molecule has 0 heterocycles. The Labute approximate surface area is 124 Å². The van der Waals surface area contributed by atoms with E-state index in [1.54, 1.807) is 0 Å². The fourth-order valence-corrected chi connectivity index (χ4v) is 1.46. The van der Waals surface area contributed by atoms with Crippen LogP contribution in [0.4, 0.5) is 0 Å². The molecule has 0 aliphatic rings.